The van der Waals surface area contributed by atoms with Gasteiger partial charge in [-0.2, -0.15) is 0 Å². The van der Waals surface area contributed by atoms with Gasteiger partial charge in [0.25, 0.3) is 0 Å². The van der Waals surface area contributed by atoms with Gasteiger partial charge in [0.05, 0.1) is 0 Å². The first-order chi connectivity index (χ1) is 7.81. The van der Waals surface area contributed by atoms with Crippen molar-refractivity contribution in [1.82, 2.24) is 9.80 Å². The Morgan fingerprint density at radius 1 is 1.06 bits per heavy atom. The van der Waals surface area contributed by atoms with Crippen LogP contribution >= 0.6 is 0 Å². The summed E-state index contributed by atoms with van der Waals surface area (Å²) in [5.74, 6) is 0.761. The maximum atomic E-state index is 12.3. The van der Waals surface area contributed by atoms with E-state index in [1.165, 1.54) is 19.3 Å². The molecule has 2 fully saturated rings. The number of likely N-dealkylation sites (tertiary alicyclic amines) is 2. The standard InChI is InChI=1S/C13H24N2O/c1-2-14-10-6-12(7-11-14)13(16)15-8-4-3-5-9-15/h12H,2-11H2,1H3. The minimum Gasteiger partial charge on any atom is -0.342 e. The molecule has 0 aromatic rings. The van der Waals surface area contributed by atoms with Crippen molar-refractivity contribution >= 4 is 5.91 Å². The maximum Gasteiger partial charge on any atom is 0.225 e. The molecule has 0 atom stereocenters. The number of hydrogen-bond donors (Lipinski definition) is 0. The third kappa shape index (κ3) is 2.76. The zero-order valence-corrected chi connectivity index (χ0v) is 10.5. The fraction of sp³-hybridized carbons (Fsp3) is 0.923. The van der Waals surface area contributed by atoms with Gasteiger partial charge in [-0.05, 0) is 51.7 Å². The highest BCUT2D eigenvalue weighted by Crippen LogP contribution is 2.21. The van der Waals surface area contributed by atoms with Gasteiger partial charge in [-0.15, -0.1) is 0 Å². The van der Waals surface area contributed by atoms with Crippen LogP contribution in [0.2, 0.25) is 0 Å². The van der Waals surface area contributed by atoms with Gasteiger partial charge in [-0.3, -0.25) is 4.79 Å². The summed E-state index contributed by atoms with van der Waals surface area (Å²) in [6.45, 7) is 7.57. The quantitative estimate of drug-likeness (QED) is 0.713. The van der Waals surface area contributed by atoms with E-state index < -0.39 is 0 Å². The van der Waals surface area contributed by atoms with Crippen LogP contribution in [0.1, 0.15) is 39.0 Å². The second kappa shape index (κ2) is 5.67. The van der Waals surface area contributed by atoms with Crippen LogP contribution in [0.25, 0.3) is 0 Å². The van der Waals surface area contributed by atoms with Crippen molar-refractivity contribution < 1.29 is 4.79 Å². The maximum absolute atomic E-state index is 12.3. The predicted octanol–water partition coefficient (Wildman–Crippen LogP) is 1.73. The number of amides is 1. The third-order valence-electron chi connectivity index (χ3n) is 4.05. The van der Waals surface area contributed by atoms with Crippen molar-refractivity contribution in [3.63, 3.8) is 0 Å². The molecule has 2 rings (SSSR count). The monoisotopic (exact) mass is 224 g/mol. The average Bonchev–Trinajstić information content (AvgIpc) is 2.39. The van der Waals surface area contributed by atoms with E-state index in [9.17, 15) is 4.79 Å². The summed E-state index contributed by atoms with van der Waals surface area (Å²) in [6, 6.07) is 0. The van der Waals surface area contributed by atoms with Crippen LogP contribution < -0.4 is 0 Å². The van der Waals surface area contributed by atoms with Gasteiger partial charge < -0.3 is 9.80 Å². The highest BCUT2D eigenvalue weighted by atomic mass is 16.2. The molecular formula is C13H24N2O. The van der Waals surface area contributed by atoms with E-state index in [2.05, 4.69) is 16.7 Å². The Kier molecular flexibility index (Phi) is 4.22. The summed E-state index contributed by atoms with van der Waals surface area (Å²) >= 11 is 0. The van der Waals surface area contributed by atoms with Gasteiger partial charge in [0.1, 0.15) is 0 Å². The Balaban J connectivity index is 1.81. The van der Waals surface area contributed by atoms with Crippen LogP contribution in [0.4, 0.5) is 0 Å². The summed E-state index contributed by atoms with van der Waals surface area (Å²) in [7, 11) is 0. The van der Waals surface area contributed by atoms with E-state index in [0.717, 1.165) is 45.6 Å². The van der Waals surface area contributed by atoms with Gasteiger partial charge in [0.15, 0.2) is 0 Å². The van der Waals surface area contributed by atoms with Crippen molar-refractivity contribution in [3.05, 3.63) is 0 Å². The van der Waals surface area contributed by atoms with Crippen molar-refractivity contribution in [3.8, 4) is 0 Å². The number of nitrogens with zero attached hydrogens (tertiary/aromatic N) is 2. The lowest BCUT2D eigenvalue weighted by atomic mass is 9.94. The van der Waals surface area contributed by atoms with Crippen molar-refractivity contribution in [2.75, 3.05) is 32.7 Å². The van der Waals surface area contributed by atoms with E-state index >= 15 is 0 Å². The van der Waals surface area contributed by atoms with Crippen LogP contribution in [0.5, 0.6) is 0 Å². The zero-order chi connectivity index (χ0) is 11.4. The molecule has 0 N–H and O–H groups in total. The van der Waals surface area contributed by atoms with Gasteiger partial charge in [-0.1, -0.05) is 6.92 Å². The fourth-order valence-corrected chi connectivity index (χ4v) is 2.87. The van der Waals surface area contributed by atoms with E-state index in [-0.39, 0.29) is 0 Å². The van der Waals surface area contributed by atoms with Crippen LogP contribution in [-0.4, -0.2) is 48.4 Å². The van der Waals surface area contributed by atoms with E-state index in [1.807, 2.05) is 0 Å². The number of rotatable bonds is 2. The third-order valence-corrected chi connectivity index (χ3v) is 4.05. The summed E-state index contributed by atoms with van der Waals surface area (Å²) in [5, 5.41) is 0. The normalized spacial score (nSPS) is 24.7. The minimum absolute atomic E-state index is 0.320. The van der Waals surface area contributed by atoms with Crippen LogP contribution in [-0.2, 0) is 4.79 Å². The van der Waals surface area contributed by atoms with Gasteiger partial charge in [0.2, 0.25) is 5.91 Å². The molecule has 0 spiro atoms. The second-order valence-corrected chi connectivity index (χ2v) is 5.09. The lowest BCUT2D eigenvalue weighted by Gasteiger charge is -2.35. The van der Waals surface area contributed by atoms with Gasteiger partial charge >= 0.3 is 0 Å². The minimum atomic E-state index is 0.320. The Bertz CT molecular complexity index is 228. The molecule has 16 heavy (non-hydrogen) atoms. The van der Waals surface area contributed by atoms with Crippen LogP contribution in [0.15, 0.2) is 0 Å². The van der Waals surface area contributed by atoms with Crippen LogP contribution in [0.3, 0.4) is 0 Å². The van der Waals surface area contributed by atoms with Gasteiger partial charge in [0, 0.05) is 19.0 Å². The highest BCUT2D eigenvalue weighted by Gasteiger charge is 2.28. The van der Waals surface area contributed by atoms with Crippen molar-refractivity contribution in [2.24, 2.45) is 5.92 Å². The molecule has 0 bridgehead atoms. The molecule has 2 saturated heterocycles. The molecule has 2 heterocycles. The first kappa shape index (κ1) is 11.9. The van der Waals surface area contributed by atoms with E-state index in [1.54, 1.807) is 0 Å². The Labute approximate surface area is 98.8 Å². The number of hydrogen-bond acceptors (Lipinski definition) is 2. The lowest BCUT2D eigenvalue weighted by molar-refractivity contribution is -0.138. The van der Waals surface area contributed by atoms with Crippen molar-refractivity contribution in [2.45, 2.75) is 39.0 Å². The molecule has 3 heteroatoms. The Morgan fingerprint density at radius 3 is 2.25 bits per heavy atom. The fourth-order valence-electron chi connectivity index (χ4n) is 2.87. The summed E-state index contributed by atoms with van der Waals surface area (Å²) in [6.07, 6.45) is 5.86. The van der Waals surface area contributed by atoms with Gasteiger partial charge in [-0.25, -0.2) is 0 Å². The molecule has 1 amide bonds. The molecule has 0 aliphatic carbocycles. The Morgan fingerprint density at radius 2 is 1.69 bits per heavy atom. The average molecular weight is 224 g/mol. The highest BCUT2D eigenvalue weighted by molar-refractivity contribution is 5.79. The summed E-state index contributed by atoms with van der Waals surface area (Å²) < 4.78 is 0. The number of carbonyl (C=O) groups excluding carboxylic acids is 1. The smallest absolute Gasteiger partial charge is 0.225 e. The first-order valence-electron chi connectivity index (χ1n) is 6.82. The van der Waals surface area contributed by atoms with E-state index in [4.69, 9.17) is 0 Å². The summed E-state index contributed by atoms with van der Waals surface area (Å²) in [5.41, 5.74) is 0. The number of piperidine rings is 2. The molecule has 0 saturated carbocycles. The first-order valence-corrected chi connectivity index (χ1v) is 6.82. The molecule has 2 aliphatic heterocycles. The van der Waals surface area contributed by atoms with Crippen LogP contribution in [0, 0.1) is 5.92 Å². The lowest BCUT2D eigenvalue weighted by Crippen LogP contribution is -2.44. The molecule has 0 radical (unpaired) electrons. The van der Waals surface area contributed by atoms with E-state index in [0.29, 0.717) is 11.8 Å². The predicted molar refractivity (Wildman–Crippen MR) is 65.3 cm³/mol. The molecule has 0 aromatic heterocycles. The molecule has 0 unspecified atom stereocenters. The molecule has 92 valence electrons. The molecular weight excluding hydrogens is 200 g/mol. The second-order valence-electron chi connectivity index (χ2n) is 5.09. The largest absolute Gasteiger partial charge is 0.342 e. The Hall–Kier alpha value is -0.570. The SMILES string of the molecule is CCN1CCC(C(=O)N2CCCCC2)CC1. The van der Waals surface area contributed by atoms with Crippen molar-refractivity contribution in [1.29, 1.82) is 0 Å². The molecule has 0 aromatic carbocycles. The summed E-state index contributed by atoms with van der Waals surface area (Å²) in [4.78, 5) is 16.8. The molecule has 2 aliphatic rings. The molecule has 3 nitrogen and oxygen atoms in total. The topological polar surface area (TPSA) is 23.6 Å². The number of carbonyl (C=O) groups is 1. The zero-order valence-electron chi connectivity index (χ0n) is 10.5.